The van der Waals surface area contributed by atoms with Crippen LogP contribution in [0.4, 0.5) is 17.3 Å². The Morgan fingerprint density at radius 3 is 2.57 bits per heavy atom. The Bertz CT molecular complexity index is 656. The van der Waals surface area contributed by atoms with E-state index in [2.05, 4.69) is 20.6 Å². The molecule has 0 saturated carbocycles. The van der Waals surface area contributed by atoms with E-state index < -0.39 is 5.97 Å². The highest BCUT2D eigenvalue weighted by molar-refractivity contribution is 5.89. The van der Waals surface area contributed by atoms with Gasteiger partial charge in [-0.3, -0.25) is 0 Å². The monoisotopic (exact) mass is 286 g/mol. The molecule has 0 aliphatic carbocycles. The van der Waals surface area contributed by atoms with Crippen molar-refractivity contribution < 1.29 is 9.90 Å². The van der Waals surface area contributed by atoms with Gasteiger partial charge in [0, 0.05) is 17.8 Å². The minimum Gasteiger partial charge on any atom is -0.478 e. The van der Waals surface area contributed by atoms with Gasteiger partial charge in [-0.15, -0.1) is 0 Å². The van der Waals surface area contributed by atoms with E-state index in [1.54, 1.807) is 30.3 Å². The van der Waals surface area contributed by atoms with E-state index in [4.69, 9.17) is 5.11 Å². The van der Waals surface area contributed by atoms with Crippen molar-refractivity contribution in [1.29, 1.82) is 0 Å². The Hall–Kier alpha value is -2.63. The van der Waals surface area contributed by atoms with Crippen molar-refractivity contribution in [2.24, 2.45) is 0 Å². The molecule has 6 nitrogen and oxygen atoms in total. The first-order valence-corrected chi connectivity index (χ1v) is 6.66. The van der Waals surface area contributed by atoms with Crippen molar-refractivity contribution in [3.05, 3.63) is 41.7 Å². The van der Waals surface area contributed by atoms with Gasteiger partial charge in [0.2, 0.25) is 0 Å². The first-order chi connectivity index (χ1) is 9.94. The molecule has 1 heterocycles. The first kappa shape index (κ1) is 14.8. The number of aryl methyl sites for hydroxylation is 1. The standard InChI is InChI=1S/C15H18N4O2/c1-9(2)16-13-8-14(18-10(3)17-13)19-12-6-4-5-11(7-12)15(20)21/h4-9H,1-3H3,(H,20,21)(H2,16,17,18,19). The van der Waals surface area contributed by atoms with Crippen LogP contribution in [-0.2, 0) is 0 Å². The van der Waals surface area contributed by atoms with E-state index >= 15 is 0 Å². The molecule has 0 radical (unpaired) electrons. The van der Waals surface area contributed by atoms with Crippen LogP contribution in [0.5, 0.6) is 0 Å². The largest absolute Gasteiger partial charge is 0.478 e. The summed E-state index contributed by atoms with van der Waals surface area (Å²) in [5.74, 6) is 1.03. The highest BCUT2D eigenvalue weighted by atomic mass is 16.4. The molecule has 0 unspecified atom stereocenters. The van der Waals surface area contributed by atoms with Crippen LogP contribution in [0.3, 0.4) is 0 Å². The quantitative estimate of drug-likeness (QED) is 0.783. The Kier molecular flexibility index (Phi) is 4.37. The Morgan fingerprint density at radius 1 is 1.19 bits per heavy atom. The molecule has 0 saturated heterocycles. The van der Waals surface area contributed by atoms with Crippen LogP contribution in [0.15, 0.2) is 30.3 Å². The summed E-state index contributed by atoms with van der Waals surface area (Å²) in [5, 5.41) is 15.3. The number of aromatic nitrogens is 2. The third-order valence-corrected chi connectivity index (χ3v) is 2.66. The number of nitrogens with zero attached hydrogens (tertiary/aromatic N) is 2. The van der Waals surface area contributed by atoms with Crippen molar-refractivity contribution in [3.63, 3.8) is 0 Å². The van der Waals surface area contributed by atoms with Gasteiger partial charge >= 0.3 is 5.97 Å². The SMILES string of the molecule is Cc1nc(Nc2cccc(C(=O)O)c2)cc(NC(C)C)n1. The van der Waals surface area contributed by atoms with Crippen LogP contribution in [0, 0.1) is 6.92 Å². The lowest BCUT2D eigenvalue weighted by atomic mass is 10.2. The van der Waals surface area contributed by atoms with E-state index in [9.17, 15) is 4.79 Å². The van der Waals surface area contributed by atoms with Crippen molar-refractivity contribution in [1.82, 2.24) is 9.97 Å². The number of hydrogen-bond donors (Lipinski definition) is 3. The average Bonchev–Trinajstić information content (AvgIpc) is 2.37. The molecular weight excluding hydrogens is 268 g/mol. The number of anilines is 3. The van der Waals surface area contributed by atoms with Crippen molar-refractivity contribution in [3.8, 4) is 0 Å². The Labute approximate surface area is 123 Å². The van der Waals surface area contributed by atoms with E-state index in [-0.39, 0.29) is 11.6 Å². The Morgan fingerprint density at radius 2 is 1.90 bits per heavy atom. The maximum Gasteiger partial charge on any atom is 0.335 e. The number of carboxylic acids is 1. The fourth-order valence-corrected chi connectivity index (χ4v) is 1.88. The highest BCUT2D eigenvalue weighted by Crippen LogP contribution is 2.19. The zero-order valence-corrected chi connectivity index (χ0v) is 12.2. The second kappa shape index (κ2) is 6.21. The molecule has 110 valence electrons. The number of benzene rings is 1. The summed E-state index contributed by atoms with van der Waals surface area (Å²) in [6, 6.07) is 8.65. The summed E-state index contributed by atoms with van der Waals surface area (Å²) >= 11 is 0. The molecule has 6 heteroatoms. The van der Waals surface area contributed by atoms with Crippen molar-refractivity contribution >= 4 is 23.3 Å². The molecular formula is C15H18N4O2. The van der Waals surface area contributed by atoms with Gasteiger partial charge in [-0.1, -0.05) is 6.07 Å². The summed E-state index contributed by atoms with van der Waals surface area (Å²) < 4.78 is 0. The zero-order valence-electron chi connectivity index (χ0n) is 12.2. The predicted molar refractivity (Wildman–Crippen MR) is 82.2 cm³/mol. The average molecular weight is 286 g/mol. The van der Waals surface area contributed by atoms with E-state index in [0.717, 1.165) is 5.82 Å². The zero-order chi connectivity index (χ0) is 15.4. The van der Waals surface area contributed by atoms with Gasteiger partial charge in [-0.05, 0) is 39.0 Å². The van der Waals surface area contributed by atoms with E-state index in [0.29, 0.717) is 17.3 Å². The maximum atomic E-state index is 11.0. The van der Waals surface area contributed by atoms with Gasteiger partial charge in [-0.25, -0.2) is 14.8 Å². The fraction of sp³-hybridized carbons (Fsp3) is 0.267. The lowest BCUT2D eigenvalue weighted by Crippen LogP contribution is -2.12. The minimum absolute atomic E-state index is 0.228. The van der Waals surface area contributed by atoms with Gasteiger partial charge < -0.3 is 15.7 Å². The van der Waals surface area contributed by atoms with Crippen LogP contribution in [0.1, 0.15) is 30.0 Å². The van der Waals surface area contributed by atoms with Crippen LogP contribution < -0.4 is 10.6 Å². The third kappa shape index (κ3) is 4.17. The molecule has 0 fully saturated rings. The molecule has 1 aromatic heterocycles. The smallest absolute Gasteiger partial charge is 0.335 e. The summed E-state index contributed by atoms with van der Waals surface area (Å²) in [6.07, 6.45) is 0. The molecule has 0 spiro atoms. The van der Waals surface area contributed by atoms with Crippen molar-refractivity contribution in [2.45, 2.75) is 26.8 Å². The molecule has 2 aromatic rings. The van der Waals surface area contributed by atoms with Gasteiger partial charge in [0.25, 0.3) is 0 Å². The molecule has 0 amide bonds. The summed E-state index contributed by atoms with van der Waals surface area (Å²) in [6.45, 7) is 5.87. The molecule has 1 aromatic carbocycles. The summed E-state index contributed by atoms with van der Waals surface area (Å²) in [7, 11) is 0. The molecule has 0 bridgehead atoms. The number of nitrogens with one attached hydrogen (secondary N) is 2. The first-order valence-electron chi connectivity index (χ1n) is 6.66. The molecule has 0 atom stereocenters. The van der Waals surface area contributed by atoms with E-state index in [1.807, 2.05) is 20.8 Å². The molecule has 0 aliphatic heterocycles. The minimum atomic E-state index is -0.959. The normalized spacial score (nSPS) is 10.5. The van der Waals surface area contributed by atoms with E-state index in [1.165, 1.54) is 0 Å². The van der Waals surface area contributed by atoms with Crippen LogP contribution in [0.2, 0.25) is 0 Å². The molecule has 21 heavy (non-hydrogen) atoms. The number of aromatic carboxylic acids is 1. The second-order valence-corrected chi connectivity index (χ2v) is 5.00. The summed E-state index contributed by atoms with van der Waals surface area (Å²) in [4.78, 5) is 19.6. The third-order valence-electron chi connectivity index (χ3n) is 2.66. The fourth-order valence-electron chi connectivity index (χ4n) is 1.88. The number of rotatable bonds is 5. The van der Waals surface area contributed by atoms with Crippen LogP contribution in [0.25, 0.3) is 0 Å². The predicted octanol–water partition coefficient (Wildman–Crippen LogP) is 3.05. The lowest BCUT2D eigenvalue weighted by molar-refractivity contribution is 0.0697. The van der Waals surface area contributed by atoms with Gasteiger partial charge in [0.15, 0.2) is 0 Å². The lowest BCUT2D eigenvalue weighted by Gasteiger charge is -2.12. The summed E-state index contributed by atoms with van der Waals surface area (Å²) in [5.41, 5.74) is 0.898. The highest BCUT2D eigenvalue weighted by Gasteiger charge is 2.06. The van der Waals surface area contributed by atoms with Crippen LogP contribution in [-0.4, -0.2) is 27.1 Å². The molecule has 2 rings (SSSR count). The van der Waals surface area contributed by atoms with Crippen LogP contribution >= 0.6 is 0 Å². The second-order valence-electron chi connectivity index (χ2n) is 5.00. The number of carbonyl (C=O) groups is 1. The Balaban J connectivity index is 2.24. The molecule has 3 N–H and O–H groups in total. The number of carboxylic acid groups (broad SMARTS) is 1. The maximum absolute atomic E-state index is 11.0. The van der Waals surface area contributed by atoms with Gasteiger partial charge in [-0.2, -0.15) is 0 Å². The van der Waals surface area contributed by atoms with Crippen molar-refractivity contribution in [2.75, 3.05) is 10.6 Å². The topological polar surface area (TPSA) is 87.1 Å². The molecule has 0 aliphatic rings. The van der Waals surface area contributed by atoms with Gasteiger partial charge in [0.05, 0.1) is 5.56 Å². The van der Waals surface area contributed by atoms with Gasteiger partial charge in [0.1, 0.15) is 17.5 Å². The number of hydrogen-bond acceptors (Lipinski definition) is 5.